The minimum Gasteiger partial charge on any atom is -0.381 e. The minimum atomic E-state index is -4.19. The first kappa shape index (κ1) is 14.6. The SMILES string of the molecule is Fc1ccc(NC2CCCCC2C(F)(F)F)c(Br)c1. The Morgan fingerprint density at radius 3 is 2.47 bits per heavy atom. The molecule has 1 aromatic carbocycles. The summed E-state index contributed by atoms with van der Waals surface area (Å²) in [5, 5.41) is 2.90. The van der Waals surface area contributed by atoms with Gasteiger partial charge in [-0.05, 0) is 47.0 Å². The van der Waals surface area contributed by atoms with Crippen molar-refractivity contribution in [1.29, 1.82) is 0 Å². The van der Waals surface area contributed by atoms with Crippen molar-refractivity contribution >= 4 is 21.6 Å². The number of rotatable bonds is 2. The van der Waals surface area contributed by atoms with Crippen LogP contribution in [0.3, 0.4) is 0 Å². The number of nitrogens with one attached hydrogen (secondary N) is 1. The molecule has 1 N–H and O–H groups in total. The molecule has 0 bridgehead atoms. The molecule has 1 nitrogen and oxygen atoms in total. The molecule has 2 atom stereocenters. The zero-order valence-electron chi connectivity index (χ0n) is 10.1. The third-order valence-electron chi connectivity index (χ3n) is 3.46. The summed E-state index contributed by atoms with van der Waals surface area (Å²) in [5.74, 6) is -1.76. The van der Waals surface area contributed by atoms with Gasteiger partial charge in [0.05, 0.1) is 5.92 Å². The molecule has 1 fully saturated rings. The van der Waals surface area contributed by atoms with E-state index in [0.29, 0.717) is 23.0 Å². The van der Waals surface area contributed by atoms with Crippen LogP contribution >= 0.6 is 15.9 Å². The number of hydrogen-bond acceptors (Lipinski definition) is 1. The van der Waals surface area contributed by atoms with Gasteiger partial charge in [-0.2, -0.15) is 13.2 Å². The summed E-state index contributed by atoms with van der Waals surface area (Å²) in [5.41, 5.74) is 0.502. The summed E-state index contributed by atoms with van der Waals surface area (Å²) in [6.07, 6.45) is -2.17. The Bertz CT molecular complexity index is 447. The van der Waals surface area contributed by atoms with E-state index in [-0.39, 0.29) is 6.42 Å². The summed E-state index contributed by atoms with van der Waals surface area (Å²) in [7, 11) is 0. The summed E-state index contributed by atoms with van der Waals surface area (Å²) < 4.78 is 52.2. The molecule has 0 amide bonds. The third-order valence-corrected chi connectivity index (χ3v) is 4.11. The summed E-state index contributed by atoms with van der Waals surface area (Å²) in [6, 6.07) is 3.30. The maximum absolute atomic E-state index is 13.0. The van der Waals surface area contributed by atoms with E-state index in [9.17, 15) is 17.6 Å². The van der Waals surface area contributed by atoms with E-state index in [1.807, 2.05) is 0 Å². The average Bonchev–Trinajstić information content (AvgIpc) is 2.32. The van der Waals surface area contributed by atoms with Gasteiger partial charge in [0.2, 0.25) is 0 Å². The van der Waals surface area contributed by atoms with Gasteiger partial charge in [0.1, 0.15) is 5.82 Å². The second kappa shape index (κ2) is 5.69. The molecule has 0 aromatic heterocycles. The summed E-state index contributed by atoms with van der Waals surface area (Å²) in [6.45, 7) is 0. The second-order valence-corrected chi connectivity index (χ2v) is 5.66. The van der Waals surface area contributed by atoms with Gasteiger partial charge >= 0.3 is 6.18 Å². The Kier molecular flexibility index (Phi) is 4.38. The molecule has 6 heteroatoms. The lowest BCUT2D eigenvalue weighted by atomic mass is 9.84. The van der Waals surface area contributed by atoms with Crippen molar-refractivity contribution in [2.75, 3.05) is 5.32 Å². The average molecular weight is 340 g/mol. The number of benzene rings is 1. The van der Waals surface area contributed by atoms with Crippen molar-refractivity contribution in [3.63, 3.8) is 0 Å². The fraction of sp³-hybridized carbons (Fsp3) is 0.538. The lowest BCUT2D eigenvalue weighted by Crippen LogP contribution is -2.41. The van der Waals surface area contributed by atoms with Crippen molar-refractivity contribution < 1.29 is 17.6 Å². The molecule has 106 valence electrons. The predicted molar refractivity (Wildman–Crippen MR) is 69.5 cm³/mol. The Balaban J connectivity index is 2.15. The third kappa shape index (κ3) is 3.61. The predicted octanol–water partition coefficient (Wildman–Crippen LogP) is 5.12. The number of halogens is 5. The van der Waals surface area contributed by atoms with Gasteiger partial charge in [0.15, 0.2) is 0 Å². The molecule has 1 aromatic rings. The minimum absolute atomic E-state index is 0.153. The molecule has 2 rings (SSSR count). The first-order chi connectivity index (χ1) is 8.88. The maximum atomic E-state index is 13.0. The van der Waals surface area contributed by atoms with Crippen LogP contribution in [0.2, 0.25) is 0 Å². The molecule has 0 aliphatic heterocycles. The van der Waals surface area contributed by atoms with Crippen molar-refractivity contribution in [3.05, 3.63) is 28.5 Å². The van der Waals surface area contributed by atoms with E-state index in [4.69, 9.17) is 0 Å². The lowest BCUT2D eigenvalue weighted by Gasteiger charge is -2.34. The van der Waals surface area contributed by atoms with Crippen LogP contribution in [0, 0.1) is 11.7 Å². The fourth-order valence-electron chi connectivity index (χ4n) is 2.50. The van der Waals surface area contributed by atoms with Crippen molar-refractivity contribution in [2.24, 2.45) is 5.92 Å². The molecule has 2 unspecified atom stereocenters. The Labute approximate surface area is 117 Å². The molecular formula is C13H14BrF4N. The summed E-state index contributed by atoms with van der Waals surface area (Å²) in [4.78, 5) is 0. The molecule has 1 aliphatic rings. The van der Waals surface area contributed by atoms with E-state index in [1.165, 1.54) is 18.2 Å². The van der Waals surface area contributed by atoms with Gasteiger partial charge in [-0.3, -0.25) is 0 Å². The van der Waals surface area contributed by atoms with E-state index >= 15 is 0 Å². The fourth-order valence-corrected chi connectivity index (χ4v) is 2.97. The first-order valence-corrected chi connectivity index (χ1v) is 6.95. The molecule has 19 heavy (non-hydrogen) atoms. The van der Waals surface area contributed by atoms with Crippen molar-refractivity contribution in [1.82, 2.24) is 0 Å². The largest absolute Gasteiger partial charge is 0.393 e. The van der Waals surface area contributed by atoms with Gasteiger partial charge in [-0.15, -0.1) is 0 Å². The second-order valence-electron chi connectivity index (χ2n) is 4.81. The van der Waals surface area contributed by atoms with Crippen LogP contribution in [0.5, 0.6) is 0 Å². The highest BCUT2D eigenvalue weighted by Crippen LogP contribution is 2.39. The van der Waals surface area contributed by atoms with E-state index < -0.39 is 24.0 Å². The highest BCUT2D eigenvalue weighted by molar-refractivity contribution is 9.10. The molecule has 0 saturated heterocycles. The van der Waals surface area contributed by atoms with Crippen LogP contribution in [0.4, 0.5) is 23.2 Å². The van der Waals surface area contributed by atoms with Crippen molar-refractivity contribution in [2.45, 2.75) is 37.9 Å². The molecule has 1 aliphatic carbocycles. The summed E-state index contributed by atoms with van der Waals surface area (Å²) >= 11 is 3.16. The number of hydrogen-bond donors (Lipinski definition) is 1. The topological polar surface area (TPSA) is 12.0 Å². The first-order valence-electron chi connectivity index (χ1n) is 6.16. The standard InChI is InChI=1S/C13H14BrF4N/c14-10-7-8(15)5-6-12(10)19-11-4-2-1-3-9(11)13(16,17)18/h5-7,9,11,19H,1-4H2. The molecular weight excluding hydrogens is 326 g/mol. The van der Waals surface area contributed by atoms with Crippen LogP contribution < -0.4 is 5.32 Å². The molecule has 1 saturated carbocycles. The Morgan fingerprint density at radius 1 is 1.16 bits per heavy atom. The lowest BCUT2D eigenvalue weighted by molar-refractivity contribution is -0.184. The molecule has 0 radical (unpaired) electrons. The van der Waals surface area contributed by atoms with E-state index in [0.717, 1.165) is 6.42 Å². The molecule has 0 spiro atoms. The zero-order chi connectivity index (χ0) is 14.0. The van der Waals surface area contributed by atoms with Crippen LogP contribution in [-0.2, 0) is 0 Å². The van der Waals surface area contributed by atoms with Gasteiger partial charge in [-0.1, -0.05) is 12.8 Å². The smallest absolute Gasteiger partial charge is 0.381 e. The van der Waals surface area contributed by atoms with Crippen LogP contribution in [-0.4, -0.2) is 12.2 Å². The van der Waals surface area contributed by atoms with Crippen LogP contribution in [0.1, 0.15) is 25.7 Å². The van der Waals surface area contributed by atoms with Crippen LogP contribution in [0.15, 0.2) is 22.7 Å². The van der Waals surface area contributed by atoms with Gasteiger partial charge in [0.25, 0.3) is 0 Å². The highest BCUT2D eigenvalue weighted by atomic mass is 79.9. The number of alkyl halides is 3. The van der Waals surface area contributed by atoms with Gasteiger partial charge in [0, 0.05) is 16.2 Å². The van der Waals surface area contributed by atoms with Crippen molar-refractivity contribution in [3.8, 4) is 0 Å². The van der Waals surface area contributed by atoms with Gasteiger partial charge in [-0.25, -0.2) is 4.39 Å². The quantitative estimate of drug-likeness (QED) is 0.737. The zero-order valence-corrected chi connectivity index (χ0v) is 11.7. The Morgan fingerprint density at radius 2 is 1.84 bits per heavy atom. The van der Waals surface area contributed by atoms with E-state index in [2.05, 4.69) is 21.2 Å². The van der Waals surface area contributed by atoms with Gasteiger partial charge < -0.3 is 5.32 Å². The monoisotopic (exact) mass is 339 g/mol. The van der Waals surface area contributed by atoms with Crippen LogP contribution in [0.25, 0.3) is 0 Å². The highest BCUT2D eigenvalue weighted by Gasteiger charge is 2.45. The Hall–Kier alpha value is -0.780. The molecule has 0 heterocycles. The normalized spacial score (nSPS) is 24.3. The van der Waals surface area contributed by atoms with E-state index in [1.54, 1.807) is 0 Å². The maximum Gasteiger partial charge on any atom is 0.393 e. The number of anilines is 1.